The summed E-state index contributed by atoms with van der Waals surface area (Å²) in [5.74, 6) is -2.07. The van der Waals surface area contributed by atoms with Crippen molar-refractivity contribution in [2.45, 2.75) is 47.8 Å². The molecule has 3 atom stereocenters. The van der Waals surface area contributed by atoms with Gasteiger partial charge in [0.15, 0.2) is 5.13 Å². The zero-order valence-electron chi connectivity index (χ0n) is 20.4. The van der Waals surface area contributed by atoms with Crippen LogP contribution in [-0.2, 0) is 26.3 Å². The molecule has 1 fully saturated rings. The molecule has 0 aromatic carbocycles. The highest BCUT2D eigenvalue weighted by molar-refractivity contribution is 8.03. The van der Waals surface area contributed by atoms with Gasteiger partial charge in [-0.25, -0.2) is 9.78 Å². The number of allylic oxidation sites excluding steroid dienone is 1. The topological polar surface area (TPSA) is 194 Å². The van der Waals surface area contributed by atoms with Crippen LogP contribution in [0.5, 0.6) is 0 Å². The van der Waals surface area contributed by atoms with Crippen LogP contribution in [0.25, 0.3) is 0 Å². The fourth-order valence-electron chi connectivity index (χ4n) is 4.34. The smallest absolute Gasteiger partial charge is 0.427 e. The molecule has 0 radical (unpaired) electrons. The molecule has 6 N–H and O–H groups in total. The third-order valence-corrected chi connectivity index (χ3v) is 9.29. The summed E-state index contributed by atoms with van der Waals surface area (Å²) in [6, 6.07) is -2.50. The van der Waals surface area contributed by atoms with Gasteiger partial charge in [0.25, 0.3) is 11.8 Å². The summed E-state index contributed by atoms with van der Waals surface area (Å²) < 4.78 is 40.1. The lowest BCUT2D eigenvalue weighted by atomic mass is 9.86. The van der Waals surface area contributed by atoms with Crippen LogP contribution in [0.3, 0.4) is 0 Å². The number of rotatable bonds is 11. The third-order valence-electron chi connectivity index (χ3n) is 6.04. The van der Waals surface area contributed by atoms with Crippen LogP contribution in [0.2, 0.25) is 0 Å². The number of nitrogens with two attached hydrogens (primary N) is 2. The molecule has 2 amide bonds. The Morgan fingerprint density at radius 3 is 2.77 bits per heavy atom. The van der Waals surface area contributed by atoms with E-state index >= 15 is 0 Å². The Bertz CT molecular complexity index is 1370. The maximum absolute atomic E-state index is 13.4. The number of pyridine rings is 1. The lowest BCUT2D eigenvalue weighted by molar-refractivity contribution is -0.156. The Balaban J connectivity index is 1.53. The van der Waals surface area contributed by atoms with Crippen molar-refractivity contribution in [1.82, 2.24) is 20.2 Å². The van der Waals surface area contributed by atoms with Gasteiger partial charge in [-0.1, -0.05) is 23.1 Å². The Morgan fingerprint density at radius 2 is 2.12 bits per heavy atom. The van der Waals surface area contributed by atoms with Gasteiger partial charge in [-0.05, 0) is 29.6 Å². The summed E-state index contributed by atoms with van der Waals surface area (Å²) in [7, 11) is 0. The van der Waals surface area contributed by atoms with Gasteiger partial charge in [0.05, 0.1) is 6.04 Å². The number of alkyl halides is 3. The van der Waals surface area contributed by atoms with Crippen LogP contribution in [0.1, 0.15) is 35.0 Å². The van der Waals surface area contributed by atoms with Gasteiger partial charge >= 0.3 is 12.1 Å². The van der Waals surface area contributed by atoms with Crippen molar-refractivity contribution in [3.8, 4) is 0 Å². The Kier molecular flexibility index (Phi) is 9.01. The van der Waals surface area contributed by atoms with Crippen LogP contribution in [-0.4, -0.2) is 62.1 Å². The fourth-order valence-corrected chi connectivity index (χ4v) is 7.08. The molecule has 4 heterocycles. The summed E-state index contributed by atoms with van der Waals surface area (Å²) in [5.41, 5.74) is 10.6. The number of β-lactam (4-membered cyclic amide) rings is 1. The van der Waals surface area contributed by atoms with Gasteiger partial charge < -0.3 is 21.9 Å². The van der Waals surface area contributed by atoms with Gasteiger partial charge in [-0.2, -0.15) is 24.9 Å². The number of carboxylic acids is 1. The fraction of sp³-hybridized carbons (Fsp3) is 0.409. The van der Waals surface area contributed by atoms with Crippen molar-refractivity contribution in [2.24, 2.45) is 10.9 Å². The number of thioether (sulfide) groups is 2. The second-order valence-electron chi connectivity index (χ2n) is 8.58. The highest BCUT2D eigenvalue weighted by atomic mass is 32.2. The van der Waals surface area contributed by atoms with Crippen molar-refractivity contribution in [1.29, 1.82) is 0 Å². The van der Waals surface area contributed by atoms with E-state index in [0.29, 0.717) is 17.2 Å². The number of amides is 2. The van der Waals surface area contributed by atoms with E-state index in [4.69, 9.17) is 11.5 Å². The molecule has 0 aliphatic carbocycles. The molecule has 2 aromatic heterocycles. The third kappa shape index (κ3) is 5.93. The van der Waals surface area contributed by atoms with E-state index in [-0.39, 0.29) is 29.9 Å². The second-order valence-corrected chi connectivity index (χ2v) is 11.8. The van der Waals surface area contributed by atoms with Crippen LogP contribution >= 0.6 is 34.9 Å². The summed E-state index contributed by atoms with van der Waals surface area (Å²) >= 11 is 2.85. The number of fused-ring (bicyclic) bond motifs is 1. The maximum atomic E-state index is 13.4. The number of carboxylic acid groups (broad SMARTS) is 1. The number of nitrogen functional groups attached to an aromatic ring is 1. The van der Waals surface area contributed by atoms with E-state index in [0.717, 1.165) is 21.1 Å². The van der Waals surface area contributed by atoms with Crippen molar-refractivity contribution in [3.63, 3.8) is 0 Å². The quantitative estimate of drug-likeness (QED) is 0.165. The number of nitrogens with one attached hydrogen (secondary N) is 1. The number of halogens is 3. The highest BCUT2D eigenvalue weighted by Gasteiger charge is 2.54. The van der Waals surface area contributed by atoms with Crippen molar-refractivity contribution in [2.75, 3.05) is 18.0 Å². The number of anilines is 1. The highest BCUT2D eigenvalue weighted by Crippen LogP contribution is 2.45. The first-order chi connectivity index (χ1) is 19.0. The Hall–Kier alpha value is -3.22. The molecular weight excluding hydrogens is 595 g/mol. The average molecular weight is 618 g/mol. The summed E-state index contributed by atoms with van der Waals surface area (Å²) in [5, 5.41) is 14.2. The monoisotopic (exact) mass is 617 g/mol. The number of hydrogen-bond acceptors (Lipinski definition) is 12. The van der Waals surface area contributed by atoms with Crippen LogP contribution < -0.4 is 16.8 Å². The SMILES string of the molecule is NCCSCc1cnccc1SC1=C(C(=O)O)N2C(=O)C(NC(=O)C(N=O)c3nc(N)sc3C(F)(F)F)C2CC1. The minimum absolute atomic E-state index is 0.0535. The summed E-state index contributed by atoms with van der Waals surface area (Å²) in [6.45, 7) is 0.503. The largest absolute Gasteiger partial charge is 0.477 e. The number of carbonyl (C=O) groups is 3. The second kappa shape index (κ2) is 12.1. The van der Waals surface area contributed by atoms with Gasteiger partial charge in [0.2, 0.25) is 6.04 Å². The molecule has 3 unspecified atom stereocenters. The number of thiazole rings is 1. The lowest BCUT2D eigenvalue weighted by Gasteiger charge is -2.50. The molecule has 0 saturated carbocycles. The summed E-state index contributed by atoms with van der Waals surface area (Å²) in [6.07, 6.45) is -1.18. The molecule has 1 saturated heterocycles. The molecule has 2 aromatic rings. The van der Waals surface area contributed by atoms with Crippen LogP contribution in [0, 0.1) is 4.91 Å². The zero-order chi connectivity index (χ0) is 29.2. The first-order valence-electron chi connectivity index (χ1n) is 11.6. The van der Waals surface area contributed by atoms with E-state index in [1.807, 2.05) is 0 Å². The van der Waals surface area contributed by atoms with Crippen molar-refractivity contribution < 1.29 is 32.7 Å². The number of hydrogen-bond donors (Lipinski definition) is 4. The lowest BCUT2D eigenvalue weighted by Crippen LogP contribution is -2.71. The molecule has 18 heteroatoms. The van der Waals surface area contributed by atoms with Gasteiger partial charge in [0.1, 0.15) is 22.3 Å². The van der Waals surface area contributed by atoms with Gasteiger partial charge in [0, 0.05) is 40.2 Å². The Labute approximate surface area is 237 Å². The zero-order valence-corrected chi connectivity index (χ0v) is 22.8. The predicted molar refractivity (Wildman–Crippen MR) is 142 cm³/mol. The maximum Gasteiger partial charge on any atom is 0.427 e. The molecule has 0 spiro atoms. The molecule has 2 aliphatic heterocycles. The molecule has 0 bridgehead atoms. The summed E-state index contributed by atoms with van der Waals surface area (Å²) in [4.78, 5) is 57.9. The predicted octanol–water partition coefficient (Wildman–Crippen LogP) is 2.72. The standard InChI is InChI=1S/C22H22F3N7O5S3/c23-22(24,25)17-14(30-21(27)40-17)15(31-37)18(33)29-13-10-1-2-12(16(20(35)36)32(10)19(13)34)39-11-3-5-28-7-9(11)8-38-6-4-26/h3,5,7,10,13,15H,1-2,4,6,8,26H2,(H2,27,30)(H,29,33)(H,35,36). The first-order valence-corrected chi connectivity index (χ1v) is 14.4. The minimum Gasteiger partial charge on any atom is -0.477 e. The molecule has 4 rings (SSSR count). The van der Waals surface area contributed by atoms with E-state index < -0.39 is 57.8 Å². The molecule has 2 aliphatic rings. The Morgan fingerprint density at radius 1 is 1.38 bits per heavy atom. The molecular formula is C22H22F3N7O5S3. The van der Waals surface area contributed by atoms with Crippen LogP contribution in [0.15, 0.2) is 39.1 Å². The average Bonchev–Trinajstić information content (AvgIpc) is 3.30. The van der Waals surface area contributed by atoms with Crippen LogP contribution in [0.4, 0.5) is 18.3 Å². The number of aromatic nitrogens is 2. The van der Waals surface area contributed by atoms with Crippen molar-refractivity contribution in [3.05, 3.63) is 50.1 Å². The van der Waals surface area contributed by atoms with Gasteiger partial charge in [-0.3, -0.25) is 19.5 Å². The van der Waals surface area contributed by atoms with Crippen molar-refractivity contribution >= 4 is 57.8 Å². The number of carbonyl (C=O) groups excluding carboxylic acids is 2. The van der Waals surface area contributed by atoms with E-state index in [1.54, 1.807) is 30.2 Å². The number of nitrogens with zero attached hydrogens (tertiary/aromatic N) is 4. The first kappa shape index (κ1) is 29.8. The molecule has 12 nitrogen and oxygen atoms in total. The minimum atomic E-state index is -4.94. The van der Waals surface area contributed by atoms with E-state index in [9.17, 15) is 37.6 Å². The van der Waals surface area contributed by atoms with E-state index in [2.05, 4.69) is 20.5 Å². The van der Waals surface area contributed by atoms with Gasteiger partial charge in [-0.15, -0.1) is 4.91 Å². The number of aliphatic carboxylic acids is 1. The van der Waals surface area contributed by atoms with E-state index in [1.165, 1.54) is 11.8 Å². The molecule has 40 heavy (non-hydrogen) atoms. The normalized spacial score (nSPS) is 19.6. The number of nitroso groups, excluding NO2 is 1. The molecule has 214 valence electrons.